The normalized spacial score (nSPS) is 18.7. The topological polar surface area (TPSA) is 58.2 Å². The van der Waals surface area contributed by atoms with Crippen LogP contribution in [-0.2, 0) is 15.0 Å². The predicted octanol–water partition coefficient (Wildman–Crippen LogP) is 4.48. The van der Waals surface area contributed by atoms with Crippen molar-refractivity contribution in [1.82, 2.24) is 0 Å². The van der Waals surface area contributed by atoms with Crippen LogP contribution in [0.5, 0.6) is 0 Å². The zero-order chi connectivity index (χ0) is 19.8. The average Bonchev–Trinajstić information content (AvgIpc) is 3.39. The molecule has 2 aromatic carbocycles. The molecule has 142 valence electrons. The summed E-state index contributed by atoms with van der Waals surface area (Å²) in [7, 11) is 0. The molecule has 2 unspecified atom stereocenters. The van der Waals surface area contributed by atoms with Crippen molar-refractivity contribution in [3.8, 4) is 0 Å². The SMILES string of the molecule is CC(C)(C)c1ccc(NC(=O)C2CC2C(=O)Nc2c(F)cccc2F)cc1. The second-order valence-electron chi connectivity index (χ2n) is 7.85. The first-order valence-electron chi connectivity index (χ1n) is 8.83. The Morgan fingerprint density at radius 2 is 1.41 bits per heavy atom. The third kappa shape index (κ3) is 4.32. The monoisotopic (exact) mass is 372 g/mol. The number of benzene rings is 2. The highest BCUT2D eigenvalue weighted by atomic mass is 19.1. The molecule has 2 amide bonds. The number of hydrogen-bond acceptors (Lipinski definition) is 2. The van der Waals surface area contributed by atoms with Gasteiger partial charge in [0.15, 0.2) is 0 Å². The highest BCUT2D eigenvalue weighted by Crippen LogP contribution is 2.40. The minimum atomic E-state index is -0.844. The van der Waals surface area contributed by atoms with Crippen LogP contribution in [0, 0.1) is 23.5 Å². The predicted molar refractivity (Wildman–Crippen MR) is 100 cm³/mol. The minimum absolute atomic E-state index is 0.0181. The quantitative estimate of drug-likeness (QED) is 0.832. The smallest absolute Gasteiger partial charge is 0.228 e. The molecule has 4 nitrogen and oxygen atoms in total. The van der Waals surface area contributed by atoms with Gasteiger partial charge >= 0.3 is 0 Å². The van der Waals surface area contributed by atoms with Gasteiger partial charge in [-0.05, 0) is 41.7 Å². The van der Waals surface area contributed by atoms with E-state index in [-0.39, 0.29) is 11.3 Å². The fraction of sp³-hybridized carbons (Fsp3) is 0.333. The second kappa shape index (κ2) is 7.10. The van der Waals surface area contributed by atoms with Crippen molar-refractivity contribution in [1.29, 1.82) is 0 Å². The molecule has 0 aliphatic heterocycles. The first-order valence-corrected chi connectivity index (χ1v) is 8.83. The summed E-state index contributed by atoms with van der Waals surface area (Å²) in [5.41, 5.74) is 1.34. The van der Waals surface area contributed by atoms with E-state index in [4.69, 9.17) is 0 Å². The van der Waals surface area contributed by atoms with Gasteiger partial charge in [0.1, 0.15) is 17.3 Å². The Kier molecular flexibility index (Phi) is 5.00. The van der Waals surface area contributed by atoms with E-state index >= 15 is 0 Å². The van der Waals surface area contributed by atoms with Crippen LogP contribution in [0.3, 0.4) is 0 Å². The van der Waals surface area contributed by atoms with E-state index in [9.17, 15) is 18.4 Å². The molecule has 0 radical (unpaired) electrons. The molecule has 1 aliphatic rings. The standard InChI is InChI=1S/C21H22F2N2O2/c1-21(2,3)12-7-9-13(10-8-12)24-19(26)14-11-15(14)20(27)25-18-16(22)5-4-6-17(18)23/h4-10,14-15H,11H2,1-3H3,(H,24,26)(H,25,27). The maximum absolute atomic E-state index is 13.6. The van der Waals surface area contributed by atoms with Crippen LogP contribution in [0.1, 0.15) is 32.8 Å². The largest absolute Gasteiger partial charge is 0.326 e. The van der Waals surface area contributed by atoms with Gasteiger partial charge in [0.25, 0.3) is 0 Å². The molecular weight excluding hydrogens is 350 g/mol. The van der Waals surface area contributed by atoms with Crippen LogP contribution in [0.25, 0.3) is 0 Å². The lowest BCUT2D eigenvalue weighted by atomic mass is 9.87. The van der Waals surface area contributed by atoms with Crippen molar-refractivity contribution in [2.45, 2.75) is 32.6 Å². The van der Waals surface area contributed by atoms with E-state index in [0.29, 0.717) is 12.1 Å². The maximum Gasteiger partial charge on any atom is 0.228 e. The van der Waals surface area contributed by atoms with Crippen molar-refractivity contribution in [2.24, 2.45) is 11.8 Å². The van der Waals surface area contributed by atoms with Crippen molar-refractivity contribution < 1.29 is 18.4 Å². The van der Waals surface area contributed by atoms with Crippen LogP contribution in [0.2, 0.25) is 0 Å². The molecule has 1 saturated carbocycles. The van der Waals surface area contributed by atoms with Gasteiger partial charge in [-0.1, -0.05) is 39.0 Å². The number of nitrogens with one attached hydrogen (secondary N) is 2. The van der Waals surface area contributed by atoms with E-state index in [1.165, 1.54) is 6.07 Å². The summed E-state index contributed by atoms with van der Waals surface area (Å²) < 4.78 is 27.2. The molecular formula is C21H22F2N2O2. The van der Waals surface area contributed by atoms with E-state index < -0.39 is 35.1 Å². The second-order valence-corrected chi connectivity index (χ2v) is 7.85. The molecule has 3 rings (SSSR count). The van der Waals surface area contributed by atoms with Gasteiger partial charge < -0.3 is 10.6 Å². The summed E-state index contributed by atoms with van der Waals surface area (Å²) in [4.78, 5) is 24.5. The van der Waals surface area contributed by atoms with Gasteiger partial charge in [-0.2, -0.15) is 0 Å². The maximum atomic E-state index is 13.6. The van der Waals surface area contributed by atoms with Gasteiger partial charge in [0.05, 0.1) is 11.8 Å². The summed E-state index contributed by atoms with van der Waals surface area (Å²) in [6.45, 7) is 6.31. The summed E-state index contributed by atoms with van der Waals surface area (Å²) in [5, 5.41) is 5.03. The lowest BCUT2D eigenvalue weighted by Crippen LogP contribution is -2.21. The molecule has 1 aliphatic carbocycles. The third-order valence-electron chi connectivity index (χ3n) is 4.69. The molecule has 0 aromatic heterocycles. The highest BCUT2D eigenvalue weighted by molar-refractivity contribution is 6.03. The number of hydrogen-bond donors (Lipinski definition) is 2. The zero-order valence-corrected chi connectivity index (χ0v) is 15.5. The Morgan fingerprint density at radius 3 is 1.93 bits per heavy atom. The molecule has 2 atom stereocenters. The van der Waals surface area contributed by atoms with Gasteiger partial charge in [0, 0.05) is 5.69 Å². The minimum Gasteiger partial charge on any atom is -0.326 e. The lowest BCUT2D eigenvalue weighted by molar-refractivity contribution is -0.122. The number of amides is 2. The Morgan fingerprint density at radius 1 is 0.889 bits per heavy atom. The van der Waals surface area contributed by atoms with Crippen molar-refractivity contribution in [3.63, 3.8) is 0 Å². The first kappa shape index (κ1) is 19.0. The summed E-state index contributed by atoms with van der Waals surface area (Å²) in [5.74, 6) is -3.59. The number of para-hydroxylation sites is 1. The molecule has 6 heteroatoms. The molecule has 2 aromatic rings. The summed E-state index contributed by atoms with van der Waals surface area (Å²) >= 11 is 0. The van der Waals surface area contributed by atoms with E-state index in [2.05, 4.69) is 31.4 Å². The van der Waals surface area contributed by atoms with Crippen LogP contribution >= 0.6 is 0 Å². The van der Waals surface area contributed by atoms with Crippen molar-refractivity contribution in [3.05, 3.63) is 59.7 Å². The summed E-state index contributed by atoms with van der Waals surface area (Å²) in [6.07, 6.45) is 0.355. The fourth-order valence-corrected chi connectivity index (χ4v) is 2.90. The number of carbonyl (C=O) groups excluding carboxylic acids is 2. The van der Waals surface area contributed by atoms with Crippen LogP contribution in [0.4, 0.5) is 20.2 Å². The highest BCUT2D eigenvalue weighted by Gasteiger charge is 2.48. The van der Waals surface area contributed by atoms with Gasteiger partial charge in [0.2, 0.25) is 11.8 Å². The Hall–Kier alpha value is -2.76. The van der Waals surface area contributed by atoms with E-state index in [1.54, 1.807) is 0 Å². The number of anilines is 2. The number of rotatable bonds is 4. The van der Waals surface area contributed by atoms with Crippen LogP contribution < -0.4 is 10.6 Å². The molecule has 0 heterocycles. The van der Waals surface area contributed by atoms with Crippen LogP contribution in [-0.4, -0.2) is 11.8 Å². The third-order valence-corrected chi connectivity index (χ3v) is 4.69. The zero-order valence-electron chi connectivity index (χ0n) is 15.5. The molecule has 0 bridgehead atoms. The Balaban J connectivity index is 1.58. The number of carbonyl (C=O) groups is 2. The lowest BCUT2D eigenvalue weighted by Gasteiger charge is -2.19. The van der Waals surface area contributed by atoms with Crippen molar-refractivity contribution >= 4 is 23.2 Å². The molecule has 0 saturated heterocycles. The molecule has 0 spiro atoms. The number of halogens is 2. The van der Waals surface area contributed by atoms with E-state index in [1.807, 2.05) is 24.3 Å². The van der Waals surface area contributed by atoms with Crippen molar-refractivity contribution in [2.75, 3.05) is 10.6 Å². The Bertz CT molecular complexity index is 852. The molecule has 27 heavy (non-hydrogen) atoms. The van der Waals surface area contributed by atoms with Gasteiger partial charge in [-0.15, -0.1) is 0 Å². The van der Waals surface area contributed by atoms with Crippen LogP contribution in [0.15, 0.2) is 42.5 Å². The fourth-order valence-electron chi connectivity index (χ4n) is 2.90. The average molecular weight is 372 g/mol. The molecule has 1 fully saturated rings. The van der Waals surface area contributed by atoms with E-state index in [0.717, 1.165) is 17.7 Å². The van der Waals surface area contributed by atoms with Gasteiger partial charge in [-0.25, -0.2) is 8.78 Å². The Labute approximate surface area is 157 Å². The first-order chi connectivity index (χ1) is 12.7. The molecule has 2 N–H and O–H groups in total. The summed E-state index contributed by atoms with van der Waals surface area (Å²) in [6, 6.07) is 10.9. The van der Waals surface area contributed by atoms with Gasteiger partial charge in [-0.3, -0.25) is 9.59 Å².